The highest BCUT2D eigenvalue weighted by Gasteiger charge is 2.22. The number of hydrogen-bond donors (Lipinski definition) is 1. The summed E-state index contributed by atoms with van der Waals surface area (Å²) in [6, 6.07) is 6.04. The first kappa shape index (κ1) is 10.9. The molecule has 0 unspecified atom stereocenters. The van der Waals surface area contributed by atoms with Crippen LogP contribution >= 0.6 is 0 Å². The molecule has 0 saturated carbocycles. The minimum atomic E-state index is 0.0197. The Labute approximate surface area is 95.0 Å². The van der Waals surface area contributed by atoms with Crippen LogP contribution in [-0.2, 0) is 17.8 Å². The first-order chi connectivity index (χ1) is 7.74. The summed E-state index contributed by atoms with van der Waals surface area (Å²) >= 11 is 0. The lowest BCUT2D eigenvalue weighted by molar-refractivity contribution is -0.132. The number of rotatable bonds is 3. The Morgan fingerprint density at radius 2 is 2.25 bits per heavy atom. The number of carbonyl (C=O) groups is 1. The Hall–Kier alpha value is -1.61. The molecule has 84 valence electrons. The maximum absolute atomic E-state index is 11.7. The highest BCUT2D eigenvalue weighted by Crippen LogP contribution is 2.21. The Morgan fingerprint density at radius 3 is 2.94 bits per heavy atom. The highest BCUT2D eigenvalue weighted by atomic mass is 16.3. The summed E-state index contributed by atoms with van der Waals surface area (Å²) in [5.74, 6) is 0.0859. The number of fused-ring (bicyclic) bond motifs is 1. The van der Waals surface area contributed by atoms with Crippen LogP contribution in [0, 0.1) is 0 Å². The van der Waals surface area contributed by atoms with Crippen LogP contribution in [0.2, 0.25) is 0 Å². The molecule has 1 aliphatic heterocycles. The number of β-amino-alcohol motifs (C(OH)–C–C–N with tert-alkyl or cyclic N) is 1. The number of amides is 1. The summed E-state index contributed by atoms with van der Waals surface area (Å²) in [4.78, 5) is 13.4. The van der Waals surface area contributed by atoms with Gasteiger partial charge in [0.1, 0.15) is 0 Å². The Kier molecular flexibility index (Phi) is 3.06. The Bertz CT molecular complexity index is 426. The van der Waals surface area contributed by atoms with Gasteiger partial charge in [-0.1, -0.05) is 30.9 Å². The first-order valence-corrected chi connectivity index (χ1v) is 5.37. The van der Waals surface area contributed by atoms with Crippen molar-refractivity contribution in [3.05, 3.63) is 41.5 Å². The second kappa shape index (κ2) is 4.49. The fourth-order valence-electron chi connectivity index (χ4n) is 1.98. The molecule has 0 radical (unpaired) electrons. The van der Waals surface area contributed by atoms with E-state index < -0.39 is 0 Å². The number of hydrogen-bond acceptors (Lipinski definition) is 2. The Balaban J connectivity index is 2.27. The SMILES string of the molecule is C=Cc1ccc2c(c1)CC(=O)N(CCO)C2. The fraction of sp³-hybridized carbons (Fsp3) is 0.308. The van der Waals surface area contributed by atoms with Gasteiger partial charge in [0.2, 0.25) is 5.91 Å². The smallest absolute Gasteiger partial charge is 0.227 e. The van der Waals surface area contributed by atoms with Gasteiger partial charge in [0.25, 0.3) is 0 Å². The molecule has 1 amide bonds. The van der Waals surface area contributed by atoms with Gasteiger partial charge in [0, 0.05) is 13.1 Å². The number of nitrogens with zero attached hydrogens (tertiary/aromatic N) is 1. The van der Waals surface area contributed by atoms with Gasteiger partial charge in [-0.15, -0.1) is 0 Å². The molecule has 0 aromatic heterocycles. The van der Waals surface area contributed by atoms with Crippen molar-refractivity contribution in [2.75, 3.05) is 13.2 Å². The van der Waals surface area contributed by atoms with Crippen molar-refractivity contribution in [2.45, 2.75) is 13.0 Å². The summed E-state index contributed by atoms with van der Waals surface area (Å²) in [6.07, 6.45) is 2.21. The zero-order valence-corrected chi connectivity index (χ0v) is 9.15. The van der Waals surface area contributed by atoms with Crippen molar-refractivity contribution < 1.29 is 9.90 Å². The van der Waals surface area contributed by atoms with Crippen molar-refractivity contribution in [2.24, 2.45) is 0 Å². The summed E-state index contributed by atoms with van der Waals surface area (Å²) in [5.41, 5.74) is 3.29. The van der Waals surface area contributed by atoms with E-state index in [-0.39, 0.29) is 12.5 Å². The lowest BCUT2D eigenvalue weighted by atomic mass is 9.97. The van der Waals surface area contributed by atoms with Gasteiger partial charge in [-0.05, 0) is 16.7 Å². The van der Waals surface area contributed by atoms with Crippen LogP contribution in [0.5, 0.6) is 0 Å². The van der Waals surface area contributed by atoms with E-state index in [1.165, 1.54) is 5.56 Å². The molecular weight excluding hydrogens is 202 g/mol. The third-order valence-corrected chi connectivity index (χ3v) is 2.89. The minimum absolute atomic E-state index is 0.0197. The maximum atomic E-state index is 11.7. The van der Waals surface area contributed by atoms with Crippen LogP contribution < -0.4 is 0 Å². The predicted molar refractivity (Wildman–Crippen MR) is 62.7 cm³/mol. The molecule has 0 spiro atoms. The zero-order chi connectivity index (χ0) is 11.5. The number of aliphatic hydroxyl groups excluding tert-OH is 1. The van der Waals surface area contributed by atoms with E-state index in [2.05, 4.69) is 6.58 Å². The van der Waals surface area contributed by atoms with Gasteiger partial charge in [0.05, 0.1) is 13.0 Å². The van der Waals surface area contributed by atoms with Gasteiger partial charge in [0.15, 0.2) is 0 Å². The van der Waals surface area contributed by atoms with Crippen LogP contribution in [0.4, 0.5) is 0 Å². The standard InChI is InChI=1S/C13H15NO2/c1-2-10-3-4-11-9-14(5-6-15)13(16)8-12(11)7-10/h2-4,7,15H,1,5-6,8-9H2. The molecule has 1 heterocycles. The van der Waals surface area contributed by atoms with Gasteiger partial charge < -0.3 is 10.0 Å². The van der Waals surface area contributed by atoms with Crippen LogP contribution in [-0.4, -0.2) is 29.1 Å². The first-order valence-electron chi connectivity index (χ1n) is 5.37. The molecular formula is C13H15NO2. The zero-order valence-electron chi connectivity index (χ0n) is 9.15. The van der Waals surface area contributed by atoms with Crippen molar-refractivity contribution in [3.8, 4) is 0 Å². The quantitative estimate of drug-likeness (QED) is 0.826. The number of carbonyl (C=O) groups excluding carboxylic acids is 1. The molecule has 16 heavy (non-hydrogen) atoms. The van der Waals surface area contributed by atoms with E-state index in [0.29, 0.717) is 19.5 Å². The van der Waals surface area contributed by atoms with E-state index in [4.69, 9.17) is 5.11 Å². The average molecular weight is 217 g/mol. The third kappa shape index (κ3) is 1.99. The van der Waals surface area contributed by atoms with E-state index in [0.717, 1.165) is 11.1 Å². The second-order valence-corrected chi connectivity index (χ2v) is 3.95. The van der Waals surface area contributed by atoms with E-state index in [1.54, 1.807) is 11.0 Å². The van der Waals surface area contributed by atoms with Crippen LogP contribution in [0.1, 0.15) is 16.7 Å². The lowest BCUT2D eigenvalue weighted by Crippen LogP contribution is -2.37. The molecule has 3 nitrogen and oxygen atoms in total. The molecule has 2 rings (SSSR count). The van der Waals surface area contributed by atoms with Gasteiger partial charge in [-0.2, -0.15) is 0 Å². The normalized spacial score (nSPS) is 14.8. The monoisotopic (exact) mass is 217 g/mol. The summed E-state index contributed by atoms with van der Waals surface area (Å²) in [7, 11) is 0. The topological polar surface area (TPSA) is 40.5 Å². The molecule has 1 aromatic rings. The number of benzene rings is 1. The second-order valence-electron chi connectivity index (χ2n) is 3.95. The average Bonchev–Trinajstić information content (AvgIpc) is 2.30. The van der Waals surface area contributed by atoms with Crippen molar-refractivity contribution in [1.29, 1.82) is 0 Å². The largest absolute Gasteiger partial charge is 0.395 e. The van der Waals surface area contributed by atoms with E-state index in [1.807, 2.05) is 18.2 Å². The van der Waals surface area contributed by atoms with Gasteiger partial charge in [-0.25, -0.2) is 0 Å². The van der Waals surface area contributed by atoms with Crippen LogP contribution in [0.15, 0.2) is 24.8 Å². The maximum Gasteiger partial charge on any atom is 0.227 e. The van der Waals surface area contributed by atoms with Gasteiger partial charge >= 0.3 is 0 Å². The molecule has 1 aromatic carbocycles. The highest BCUT2D eigenvalue weighted by molar-refractivity contribution is 5.81. The summed E-state index contributed by atoms with van der Waals surface area (Å²) in [5, 5.41) is 8.86. The van der Waals surface area contributed by atoms with Crippen LogP contribution in [0.25, 0.3) is 6.08 Å². The molecule has 1 N–H and O–H groups in total. The molecule has 3 heteroatoms. The number of aliphatic hydroxyl groups is 1. The van der Waals surface area contributed by atoms with E-state index >= 15 is 0 Å². The van der Waals surface area contributed by atoms with Gasteiger partial charge in [-0.3, -0.25) is 4.79 Å². The fourth-order valence-corrected chi connectivity index (χ4v) is 1.98. The molecule has 0 saturated heterocycles. The molecule has 0 aliphatic carbocycles. The molecule has 0 fully saturated rings. The minimum Gasteiger partial charge on any atom is -0.395 e. The molecule has 0 atom stereocenters. The molecule has 1 aliphatic rings. The predicted octanol–water partition coefficient (Wildman–Crippen LogP) is 1.21. The van der Waals surface area contributed by atoms with Crippen molar-refractivity contribution in [3.63, 3.8) is 0 Å². The van der Waals surface area contributed by atoms with Crippen molar-refractivity contribution in [1.82, 2.24) is 4.90 Å². The Morgan fingerprint density at radius 1 is 1.44 bits per heavy atom. The summed E-state index contributed by atoms with van der Waals surface area (Å²) in [6.45, 7) is 4.76. The van der Waals surface area contributed by atoms with Crippen LogP contribution in [0.3, 0.4) is 0 Å². The van der Waals surface area contributed by atoms with E-state index in [9.17, 15) is 4.79 Å². The molecule has 0 bridgehead atoms. The van der Waals surface area contributed by atoms with Crippen molar-refractivity contribution >= 4 is 12.0 Å². The summed E-state index contributed by atoms with van der Waals surface area (Å²) < 4.78 is 0. The third-order valence-electron chi connectivity index (χ3n) is 2.89. The lowest BCUT2D eigenvalue weighted by Gasteiger charge is -2.28.